The van der Waals surface area contributed by atoms with Gasteiger partial charge in [0.15, 0.2) is 0 Å². The van der Waals surface area contributed by atoms with Crippen molar-refractivity contribution in [3.05, 3.63) is 29.6 Å². The third-order valence-corrected chi connectivity index (χ3v) is 3.93. The van der Waals surface area contributed by atoms with Crippen LogP contribution in [0.1, 0.15) is 48.9 Å². The molecular formula is C14H19N3. The van der Waals surface area contributed by atoms with E-state index >= 15 is 0 Å². The van der Waals surface area contributed by atoms with Gasteiger partial charge in [-0.25, -0.2) is 0 Å². The first kappa shape index (κ1) is 10.9. The highest BCUT2D eigenvalue weighted by molar-refractivity contribution is 5.60. The van der Waals surface area contributed by atoms with Gasteiger partial charge in [0.2, 0.25) is 0 Å². The van der Waals surface area contributed by atoms with Crippen molar-refractivity contribution < 1.29 is 0 Å². The molecule has 1 aromatic heterocycles. The van der Waals surface area contributed by atoms with Crippen molar-refractivity contribution in [1.82, 2.24) is 9.88 Å². The van der Waals surface area contributed by atoms with Crippen molar-refractivity contribution in [1.29, 1.82) is 0 Å². The van der Waals surface area contributed by atoms with Gasteiger partial charge in [-0.15, -0.1) is 0 Å². The van der Waals surface area contributed by atoms with E-state index in [4.69, 9.17) is 0 Å². The lowest BCUT2D eigenvalue weighted by atomic mass is 10.0. The standard InChI is InChI=1S/C14H19N3/c1-17-7-3-5-14(17)12-8-11(9-15-10-12)13-4-2-6-16-13/h6,8-10,13-14H,2-5,7H2,1H3. The largest absolute Gasteiger partial charge is 0.299 e. The van der Waals surface area contributed by atoms with Crippen molar-refractivity contribution in [3.8, 4) is 0 Å². The van der Waals surface area contributed by atoms with Crippen LogP contribution in [0.2, 0.25) is 0 Å². The highest BCUT2D eigenvalue weighted by Crippen LogP contribution is 2.33. The highest BCUT2D eigenvalue weighted by Gasteiger charge is 2.24. The summed E-state index contributed by atoms with van der Waals surface area (Å²) in [7, 11) is 2.21. The SMILES string of the molecule is CN1CCCC1c1cncc(C2CCC=N2)c1. The summed E-state index contributed by atoms with van der Waals surface area (Å²) < 4.78 is 0. The summed E-state index contributed by atoms with van der Waals surface area (Å²) in [6.07, 6.45) is 10.9. The Morgan fingerprint density at radius 1 is 1.24 bits per heavy atom. The zero-order valence-electron chi connectivity index (χ0n) is 10.3. The van der Waals surface area contributed by atoms with E-state index in [0.29, 0.717) is 12.1 Å². The molecule has 17 heavy (non-hydrogen) atoms. The van der Waals surface area contributed by atoms with Crippen LogP contribution in [0.5, 0.6) is 0 Å². The van der Waals surface area contributed by atoms with Crippen molar-refractivity contribution in [2.24, 2.45) is 4.99 Å². The number of hydrogen-bond acceptors (Lipinski definition) is 3. The molecule has 0 saturated carbocycles. The van der Waals surface area contributed by atoms with Crippen LogP contribution in [-0.4, -0.2) is 29.7 Å². The number of aliphatic imine (C=N–C) groups is 1. The van der Waals surface area contributed by atoms with Crippen molar-refractivity contribution >= 4 is 6.21 Å². The Balaban J connectivity index is 1.85. The van der Waals surface area contributed by atoms with Crippen LogP contribution in [0.25, 0.3) is 0 Å². The molecule has 0 amide bonds. The lowest BCUT2D eigenvalue weighted by molar-refractivity contribution is 0.316. The summed E-state index contributed by atoms with van der Waals surface area (Å²) in [5, 5.41) is 0. The lowest BCUT2D eigenvalue weighted by Gasteiger charge is -2.20. The first-order valence-electron chi connectivity index (χ1n) is 6.51. The van der Waals surface area contributed by atoms with Crippen LogP contribution < -0.4 is 0 Å². The van der Waals surface area contributed by atoms with Gasteiger partial charge in [0.05, 0.1) is 6.04 Å². The van der Waals surface area contributed by atoms with E-state index in [1.165, 1.54) is 30.5 Å². The van der Waals surface area contributed by atoms with Crippen LogP contribution in [0.15, 0.2) is 23.5 Å². The predicted molar refractivity (Wildman–Crippen MR) is 69.3 cm³/mol. The summed E-state index contributed by atoms with van der Waals surface area (Å²) >= 11 is 0. The Labute approximate surface area is 103 Å². The molecule has 2 unspecified atom stereocenters. The Bertz CT molecular complexity index is 427. The second-order valence-electron chi connectivity index (χ2n) is 5.12. The second kappa shape index (κ2) is 4.57. The predicted octanol–water partition coefficient (Wildman–Crippen LogP) is 2.75. The Kier molecular flexibility index (Phi) is 2.93. The minimum Gasteiger partial charge on any atom is -0.299 e. The van der Waals surface area contributed by atoms with Gasteiger partial charge >= 0.3 is 0 Å². The van der Waals surface area contributed by atoms with Crippen LogP contribution in [0, 0.1) is 0 Å². The average molecular weight is 229 g/mol. The second-order valence-corrected chi connectivity index (χ2v) is 5.12. The number of hydrogen-bond donors (Lipinski definition) is 0. The minimum absolute atomic E-state index is 0.356. The Hall–Kier alpha value is -1.22. The van der Waals surface area contributed by atoms with E-state index in [9.17, 15) is 0 Å². The van der Waals surface area contributed by atoms with E-state index in [2.05, 4.69) is 28.0 Å². The van der Waals surface area contributed by atoms with Crippen LogP contribution in [-0.2, 0) is 0 Å². The zero-order valence-corrected chi connectivity index (χ0v) is 10.3. The normalized spacial score (nSPS) is 29.0. The molecule has 0 radical (unpaired) electrons. The lowest BCUT2D eigenvalue weighted by Crippen LogP contribution is -2.17. The summed E-state index contributed by atoms with van der Waals surface area (Å²) in [5.41, 5.74) is 2.65. The van der Waals surface area contributed by atoms with Gasteiger partial charge in [-0.1, -0.05) is 0 Å². The smallest absolute Gasteiger partial charge is 0.0763 e. The van der Waals surface area contributed by atoms with Gasteiger partial charge in [0.25, 0.3) is 0 Å². The fourth-order valence-electron chi connectivity index (χ4n) is 2.93. The molecule has 1 saturated heterocycles. The van der Waals surface area contributed by atoms with Gasteiger partial charge in [-0.3, -0.25) is 14.9 Å². The van der Waals surface area contributed by atoms with Crippen LogP contribution in [0.4, 0.5) is 0 Å². The highest BCUT2D eigenvalue weighted by atomic mass is 15.1. The average Bonchev–Trinajstić information content (AvgIpc) is 2.99. The molecule has 3 nitrogen and oxygen atoms in total. The summed E-state index contributed by atoms with van der Waals surface area (Å²) in [5.74, 6) is 0. The molecule has 0 spiro atoms. The first-order valence-corrected chi connectivity index (χ1v) is 6.51. The first-order chi connectivity index (χ1) is 8.34. The van der Waals surface area contributed by atoms with Gasteiger partial charge < -0.3 is 0 Å². The molecule has 0 N–H and O–H groups in total. The van der Waals surface area contributed by atoms with Crippen LogP contribution in [0.3, 0.4) is 0 Å². The Morgan fingerprint density at radius 3 is 2.82 bits per heavy atom. The molecule has 2 atom stereocenters. The summed E-state index contributed by atoms with van der Waals surface area (Å²) in [4.78, 5) is 11.4. The fraction of sp³-hybridized carbons (Fsp3) is 0.571. The summed E-state index contributed by atoms with van der Waals surface area (Å²) in [6, 6.07) is 3.23. The fourth-order valence-corrected chi connectivity index (χ4v) is 2.93. The Morgan fingerprint density at radius 2 is 2.12 bits per heavy atom. The van der Waals surface area contributed by atoms with Crippen molar-refractivity contribution in [2.75, 3.05) is 13.6 Å². The van der Waals surface area contributed by atoms with E-state index in [1.54, 1.807) is 0 Å². The van der Waals surface area contributed by atoms with Gasteiger partial charge in [-0.2, -0.15) is 0 Å². The molecule has 90 valence electrons. The number of aromatic nitrogens is 1. The van der Waals surface area contributed by atoms with Gasteiger partial charge in [0.1, 0.15) is 0 Å². The van der Waals surface area contributed by atoms with Gasteiger partial charge in [0, 0.05) is 18.4 Å². The minimum atomic E-state index is 0.356. The van der Waals surface area contributed by atoms with Crippen LogP contribution >= 0.6 is 0 Å². The maximum absolute atomic E-state index is 4.51. The zero-order chi connectivity index (χ0) is 11.7. The molecular weight excluding hydrogens is 210 g/mol. The molecule has 2 aliphatic rings. The maximum Gasteiger partial charge on any atom is 0.0763 e. The number of likely N-dealkylation sites (tertiary alicyclic amines) is 1. The monoisotopic (exact) mass is 229 g/mol. The molecule has 2 aliphatic heterocycles. The van der Waals surface area contributed by atoms with E-state index < -0.39 is 0 Å². The molecule has 1 aromatic rings. The van der Waals surface area contributed by atoms with E-state index in [1.807, 2.05) is 18.6 Å². The van der Waals surface area contributed by atoms with Crippen molar-refractivity contribution in [3.63, 3.8) is 0 Å². The molecule has 0 aromatic carbocycles. The molecule has 0 aliphatic carbocycles. The molecule has 0 bridgehead atoms. The third kappa shape index (κ3) is 2.12. The quantitative estimate of drug-likeness (QED) is 0.780. The number of pyridine rings is 1. The molecule has 3 heteroatoms. The number of rotatable bonds is 2. The molecule has 3 rings (SSSR count). The topological polar surface area (TPSA) is 28.5 Å². The molecule has 3 heterocycles. The molecule has 1 fully saturated rings. The number of nitrogens with zero attached hydrogens (tertiary/aromatic N) is 3. The van der Waals surface area contributed by atoms with Crippen molar-refractivity contribution in [2.45, 2.75) is 37.8 Å². The third-order valence-electron chi connectivity index (χ3n) is 3.93. The van der Waals surface area contributed by atoms with Gasteiger partial charge in [-0.05, 0) is 62.7 Å². The summed E-state index contributed by atoms with van der Waals surface area (Å²) in [6.45, 7) is 1.20. The van der Waals surface area contributed by atoms with E-state index in [0.717, 1.165) is 12.8 Å². The maximum atomic E-state index is 4.51. The van der Waals surface area contributed by atoms with E-state index in [-0.39, 0.29) is 0 Å².